The number of nitrogens with one attached hydrogen (secondary N) is 1. The van der Waals surface area contributed by atoms with Gasteiger partial charge in [0.1, 0.15) is 0 Å². The van der Waals surface area contributed by atoms with Gasteiger partial charge < -0.3 is 9.73 Å². The van der Waals surface area contributed by atoms with Crippen LogP contribution in [0.2, 0.25) is 5.02 Å². The summed E-state index contributed by atoms with van der Waals surface area (Å²) in [5.74, 6) is 0.209. The zero-order valence-corrected chi connectivity index (χ0v) is 11.9. The van der Waals surface area contributed by atoms with Crippen molar-refractivity contribution in [3.63, 3.8) is 0 Å². The Morgan fingerprint density at radius 3 is 2.95 bits per heavy atom. The Morgan fingerprint density at radius 2 is 2.10 bits per heavy atom. The minimum Gasteiger partial charge on any atom is -0.451 e. The van der Waals surface area contributed by atoms with E-state index in [2.05, 4.69) is 5.32 Å². The maximum absolute atomic E-state index is 12.6. The van der Waals surface area contributed by atoms with Gasteiger partial charge in [-0.15, -0.1) is 0 Å². The van der Waals surface area contributed by atoms with Gasteiger partial charge in [0.15, 0.2) is 11.3 Å². The molecule has 2 aromatic carbocycles. The van der Waals surface area contributed by atoms with Gasteiger partial charge in [-0.05, 0) is 42.3 Å². The summed E-state index contributed by atoms with van der Waals surface area (Å²) in [6, 6.07) is 12.9. The summed E-state index contributed by atoms with van der Waals surface area (Å²) >= 11 is 6.08. The van der Waals surface area contributed by atoms with Crippen LogP contribution in [0.15, 0.2) is 46.9 Å². The first kappa shape index (κ1) is 12.5. The van der Waals surface area contributed by atoms with Crippen molar-refractivity contribution in [3.8, 4) is 0 Å². The molecule has 0 aliphatic carbocycles. The lowest BCUT2D eigenvalue weighted by Gasteiger charge is -2.02. The van der Waals surface area contributed by atoms with Gasteiger partial charge in [0, 0.05) is 23.2 Å². The highest BCUT2D eigenvalue weighted by Gasteiger charge is 2.18. The highest BCUT2D eigenvalue weighted by atomic mass is 35.5. The molecule has 4 rings (SSSR count). The van der Waals surface area contributed by atoms with Crippen LogP contribution in [-0.2, 0) is 6.42 Å². The topological polar surface area (TPSA) is 42.2 Å². The number of anilines is 1. The number of hydrogen-bond donors (Lipinski definition) is 1. The normalized spacial score (nSPS) is 13.2. The minimum atomic E-state index is -0.114. The van der Waals surface area contributed by atoms with Crippen LogP contribution in [0.3, 0.4) is 0 Å². The number of halogens is 1. The molecule has 0 fully saturated rings. The van der Waals surface area contributed by atoms with Crippen molar-refractivity contribution in [2.45, 2.75) is 6.42 Å². The highest BCUT2D eigenvalue weighted by Crippen LogP contribution is 2.29. The van der Waals surface area contributed by atoms with E-state index in [0.717, 1.165) is 24.0 Å². The number of hydrogen-bond acceptors (Lipinski definition) is 3. The Hall–Kier alpha value is -2.26. The van der Waals surface area contributed by atoms with Crippen LogP contribution in [0.4, 0.5) is 5.69 Å². The zero-order chi connectivity index (χ0) is 14.4. The van der Waals surface area contributed by atoms with E-state index in [1.165, 1.54) is 5.56 Å². The lowest BCUT2D eigenvalue weighted by atomic mass is 10.0. The van der Waals surface area contributed by atoms with Gasteiger partial charge in [0.2, 0.25) is 5.78 Å². The predicted octanol–water partition coefficient (Wildman–Crippen LogP) is 4.29. The summed E-state index contributed by atoms with van der Waals surface area (Å²) in [5.41, 5.74) is 3.49. The largest absolute Gasteiger partial charge is 0.451 e. The molecule has 0 bridgehead atoms. The molecule has 0 atom stereocenters. The molecule has 1 N–H and O–H groups in total. The molecule has 0 unspecified atom stereocenters. The lowest BCUT2D eigenvalue weighted by Crippen LogP contribution is -2.00. The van der Waals surface area contributed by atoms with Gasteiger partial charge in [-0.25, -0.2) is 0 Å². The molecule has 21 heavy (non-hydrogen) atoms. The van der Waals surface area contributed by atoms with Crippen LogP contribution < -0.4 is 5.32 Å². The maximum Gasteiger partial charge on any atom is 0.228 e. The Balaban J connectivity index is 1.77. The van der Waals surface area contributed by atoms with E-state index in [4.69, 9.17) is 16.0 Å². The van der Waals surface area contributed by atoms with Gasteiger partial charge >= 0.3 is 0 Å². The summed E-state index contributed by atoms with van der Waals surface area (Å²) < 4.78 is 5.64. The van der Waals surface area contributed by atoms with Crippen molar-refractivity contribution >= 4 is 34.0 Å². The minimum absolute atomic E-state index is 0.114. The van der Waals surface area contributed by atoms with E-state index in [9.17, 15) is 4.79 Å². The fourth-order valence-electron chi connectivity index (χ4n) is 2.73. The molecule has 0 amide bonds. The Bertz CT molecular complexity index is 866. The summed E-state index contributed by atoms with van der Waals surface area (Å²) in [6.45, 7) is 0.924. The molecule has 0 saturated heterocycles. The third-order valence-electron chi connectivity index (χ3n) is 3.80. The smallest absolute Gasteiger partial charge is 0.228 e. The number of fused-ring (bicyclic) bond motifs is 2. The summed E-state index contributed by atoms with van der Waals surface area (Å²) in [7, 11) is 0. The van der Waals surface area contributed by atoms with Crippen LogP contribution in [-0.4, -0.2) is 12.3 Å². The molecule has 0 spiro atoms. The van der Waals surface area contributed by atoms with Gasteiger partial charge in [0.25, 0.3) is 0 Å². The molecule has 1 aliphatic heterocycles. The number of para-hydroxylation sites is 1. The molecule has 2 heterocycles. The van der Waals surface area contributed by atoms with Gasteiger partial charge in [0.05, 0.1) is 5.02 Å². The third kappa shape index (κ3) is 2.01. The van der Waals surface area contributed by atoms with E-state index in [-0.39, 0.29) is 5.78 Å². The third-order valence-corrected chi connectivity index (χ3v) is 4.09. The van der Waals surface area contributed by atoms with Crippen LogP contribution in [0, 0.1) is 0 Å². The first-order chi connectivity index (χ1) is 10.2. The summed E-state index contributed by atoms with van der Waals surface area (Å²) in [5, 5.41) is 4.64. The van der Waals surface area contributed by atoms with Crippen molar-refractivity contribution in [3.05, 3.63) is 64.4 Å². The van der Waals surface area contributed by atoms with E-state index >= 15 is 0 Å². The predicted molar refractivity (Wildman–Crippen MR) is 83.3 cm³/mol. The van der Waals surface area contributed by atoms with Crippen molar-refractivity contribution in [1.82, 2.24) is 0 Å². The molecule has 4 heteroatoms. The Kier molecular flexibility index (Phi) is 2.76. The summed E-state index contributed by atoms with van der Waals surface area (Å²) in [6.07, 6.45) is 0.947. The molecule has 1 aliphatic rings. The fourth-order valence-corrected chi connectivity index (χ4v) is 2.95. The second-order valence-electron chi connectivity index (χ2n) is 5.15. The Labute approximate surface area is 126 Å². The van der Waals surface area contributed by atoms with Gasteiger partial charge in [-0.1, -0.05) is 23.7 Å². The van der Waals surface area contributed by atoms with E-state index in [0.29, 0.717) is 21.9 Å². The number of furan rings is 1. The SMILES string of the molecule is O=C(c1ccc2c(c1)CCN2)c1cc2cccc(Cl)c2o1. The van der Waals surface area contributed by atoms with Crippen LogP contribution in [0.5, 0.6) is 0 Å². The maximum atomic E-state index is 12.6. The van der Waals surface area contributed by atoms with E-state index in [1.54, 1.807) is 12.1 Å². The van der Waals surface area contributed by atoms with Crippen molar-refractivity contribution < 1.29 is 9.21 Å². The van der Waals surface area contributed by atoms with E-state index < -0.39 is 0 Å². The number of carbonyl (C=O) groups is 1. The van der Waals surface area contributed by atoms with Gasteiger partial charge in [-0.3, -0.25) is 4.79 Å². The first-order valence-electron chi connectivity index (χ1n) is 6.82. The number of benzene rings is 2. The van der Waals surface area contributed by atoms with E-state index in [1.807, 2.05) is 30.3 Å². The molecule has 104 valence electrons. The first-order valence-corrected chi connectivity index (χ1v) is 7.20. The molecule has 0 saturated carbocycles. The van der Waals surface area contributed by atoms with Crippen LogP contribution in [0.25, 0.3) is 11.0 Å². The summed E-state index contributed by atoms with van der Waals surface area (Å²) in [4.78, 5) is 12.6. The number of rotatable bonds is 2. The van der Waals surface area contributed by atoms with Crippen LogP contribution in [0.1, 0.15) is 21.7 Å². The number of ketones is 1. The average molecular weight is 298 g/mol. The van der Waals surface area contributed by atoms with Crippen molar-refractivity contribution in [2.24, 2.45) is 0 Å². The molecule has 1 aromatic heterocycles. The second kappa shape index (κ2) is 4.64. The fraction of sp³-hybridized carbons (Fsp3) is 0.118. The highest BCUT2D eigenvalue weighted by molar-refractivity contribution is 6.35. The zero-order valence-electron chi connectivity index (χ0n) is 11.2. The van der Waals surface area contributed by atoms with Crippen molar-refractivity contribution in [2.75, 3.05) is 11.9 Å². The molecular weight excluding hydrogens is 286 g/mol. The van der Waals surface area contributed by atoms with Gasteiger partial charge in [-0.2, -0.15) is 0 Å². The van der Waals surface area contributed by atoms with Crippen molar-refractivity contribution in [1.29, 1.82) is 0 Å². The molecular formula is C17H12ClNO2. The monoisotopic (exact) mass is 297 g/mol. The lowest BCUT2D eigenvalue weighted by molar-refractivity contribution is 0.101. The average Bonchev–Trinajstić information content (AvgIpc) is 3.12. The number of carbonyl (C=O) groups excluding carboxylic acids is 1. The molecule has 3 aromatic rings. The van der Waals surface area contributed by atoms with Crippen LogP contribution >= 0.6 is 11.6 Å². The Morgan fingerprint density at radius 1 is 1.19 bits per heavy atom. The molecule has 3 nitrogen and oxygen atoms in total. The second-order valence-corrected chi connectivity index (χ2v) is 5.55. The standard InChI is InChI=1S/C17H12ClNO2/c18-13-3-1-2-12-9-15(21-17(12)13)16(20)11-4-5-14-10(8-11)6-7-19-14/h1-5,8-9,19H,6-7H2. The quantitative estimate of drug-likeness (QED) is 0.718. The molecule has 0 radical (unpaired) electrons.